The van der Waals surface area contributed by atoms with Crippen molar-refractivity contribution in [2.75, 3.05) is 19.6 Å². The molecule has 0 N–H and O–H groups in total. The average molecular weight is 501 g/mol. The topological polar surface area (TPSA) is 40.6 Å². The molecule has 2 amide bonds. The van der Waals surface area contributed by atoms with Gasteiger partial charge in [-0.05, 0) is 60.5 Å². The lowest BCUT2D eigenvalue weighted by Gasteiger charge is -2.37. The summed E-state index contributed by atoms with van der Waals surface area (Å²) in [6, 6.07) is 15.1. The van der Waals surface area contributed by atoms with Crippen molar-refractivity contribution < 1.29 is 9.59 Å². The quantitative estimate of drug-likeness (QED) is 0.393. The molecule has 33 heavy (non-hydrogen) atoms. The Kier molecular flexibility index (Phi) is 7.42. The maximum Gasteiger partial charge on any atom is 0.254 e. The standard InChI is InChI=1S/C26H26Cl2N2O2S/c1-3-12-29(26(32)19-8-9-21(27)22(28)15-19)16-24(31)30-13-10-23-20(11-14-33-23)25(30)18-6-4-17(2)5-7-18/h4-9,11,14-15,25H,3,10,12-13,16H2,1-2H3. The Hall–Kier alpha value is -2.34. The average Bonchev–Trinajstić information content (AvgIpc) is 3.29. The number of hydrogen-bond acceptors (Lipinski definition) is 3. The molecule has 0 fully saturated rings. The van der Waals surface area contributed by atoms with Gasteiger partial charge in [0.25, 0.3) is 5.91 Å². The second-order valence-electron chi connectivity index (χ2n) is 8.31. The van der Waals surface area contributed by atoms with Crippen molar-refractivity contribution in [3.05, 3.63) is 91.1 Å². The predicted molar refractivity (Wildman–Crippen MR) is 135 cm³/mol. The highest BCUT2D eigenvalue weighted by molar-refractivity contribution is 7.10. The second-order valence-corrected chi connectivity index (χ2v) is 10.1. The van der Waals surface area contributed by atoms with Crippen LogP contribution in [-0.2, 0) is 11.2 Å². The molecule has 0 saturated heterocycles. The minimum absolute atomic E-state index is 0.0226. The van der Waals surface area contributed by atoms with Crippen molar-refractivity contribution in [3.63, 3.8) is 0 Å². The van der Waals surface area contributed by atoms with Crippen molar-refractivity contribution in [3.8, 4) is 0 Å². The van der Waals surface area contributed by atoms with Gasteiger partial charge in [0.1, 0.15) is 6.54 Å². The minimum Gasteiger partial charge on any atom is -0.330 e. The highest BCUT2D eigenvalue weighted by Crippen LogP contribution is 2.38. The zero-order chi connectivity index (χ0) is 23.5. The summed E-state index contributed by atoms with van der Waals surface area (Å²) in [5.74, 6) is -0.275. The van der Waals surface area contributed by atoms with Gasteiger partial charge in [0, 0.05) is 23.5 Å². The van der Waals surface area contributed by atoms with Gasteiger partial charge in [-0.1, -0.05) is 60.0 Å². The maximum absolute atomic E-state index is 13.6. The molecule has 172 valence electrons. The summed E-state index contributed by atoms with van der Waals surface area (Å²) in [6.07, 6.45) is 1.58. The van der Waals surface area contributed by atoms with Crippen LogP contribution < -0.4 is 0 Å². The van der Waals surface area contributed by atoms with Crippen LogP contribution in [-0.4, -0.2) is 41.2 Å². The normalized spacial score (nSPS) is 15.3. The number of nitrogens with zero attached hydrogens (tertiary/aromatic N) is 2. The molecular weight excluding hydrogens is 475 g/mol. The molecule has 7 heteroatoms. The molecule has 4 rings (SSSR count). The van der Waals surface area contributed by atoms with Crippen LogP contribution >= 0.6 is 34.5 Å². The number of amides is 2. The molecule has 1 atom stereocenters. The molecule has 2 heterocycles. The van der Waals surface area contributed by atoms with Gasteiger partial charge in [0.15, 0.2) is 0 Å². The summed E-state index contributed by atoms with van der Waals surface area (Å²) >= 11 is 13.9. The van der Waals surface area contributed by atoms with Crippen molar-refractivity contribution in [2.24, 2.45) is 0 Å². The number of rotatable bonds is 6. The number of carbonyl (C=O) groups excluding carboxylic acids is 2. The Morgan fingerprint density at radius 3 is 2.55 bits per heavy atom. The van der Waals surface area contributed by atoms with Crippen LogP contribution in [0.5, 0.6) is 0 Å². The van der Waals surface area contributed by atoms with E-state index < -0.39 is 0 Å². The monoisotopic (exact) mass is 500 g/mol. The van der Waals surface area contributed by atoms with Crippen molar-refractivity contribution in [2.45, 2.75) is 32.7 Å². The van der Waals surface area contributed by atoms with Crippen molar-refractivity contribution in [1.82, 2.24) is 9.80 Å². The molecule has 0 spiro atoms. The first kappa shape index (κ1) is 23.8. The minimum atomic E-state index is -0.219. The predicted octanol–water partition coefficient (Wildman–Crippen LogP) is 6.39. The van der Waals surface area contributed by atoms with E-state index >= 15 is 0 Å². The first-order valence-corrected chi connectivity index (χ1v) is 12.7. The van der Waals surface area contributed by atoms with Gasteiger partial charge in [-0.25, -0.2) is 0 Å². The third-order valence-corrected chi connectivity index (χ3v) is 7.69. The Balaban J connectivity index is 1.61. The third-order valence-electron chi connectivity index (χ3n) is 5.95. The van der Waals surface area contributed by atoms with Crippen LogP contribution in [0.4, 0.5) is 0 Å². The summed E-state index contributed by atoms with van der Waals surface area (Å²) in [6.45, 7) is 5.19. The van der Waals surface area contributed by atoms with E-state index in [-0.39, 0.29) is 24.4 Å². The van der Waals surface area contributed by atoms with Crippen LogP contribution in [0.2, 0.25) is 10.0 Å². The number of hydrogen-bond donors (Lipinski definition) is 0. The van der Waals surface area contributed by atoms with Crippen LogP contribution in [0.15, 0.2) is 53.9 Å². The molecule has 0 radical (unpaired) electrons. The Morgan fingerprint density at radius 2 is 1.85 bits per heavy atom. The van der Waals surface area contributed by atoms with Crippen LogP contribution in [0.3, 0.4) is 0 Å². The lowest BCUT2D eigenvalue weighted by molar-refractivity contribution is -0.134. The summed E-state index contributed by atoms with van der Waals surface area (Å²) < 4.78 is 0. The maximum atomic E-state index is 13.6. The number of thiophene rings is 1. The number of aryl methyl sites for hydroxylation is 1. The summed E-state index contributed by atoms with van der Waals surface area (Å²) in [7, 11) is 0. The lowest BCUT2D eigenvalue weighted by Crippen LogP contribution is -2.47. The summed E-state index contributed by atoms with van der Waals surface area (Å²) in [4.78, 5) is 31.7. The fourth-order valence-corrected chi connectivity index (χ4v) is 5.48. The van der Waals surface area contributed by atoms with Gasteiger partial charge in [0.2, 0.25) is 5.91 Å². The van der Waals surface area contributed by atoms with Gasteiger partial charge in [-0.3, -0.25) is 9.59 Å². The van der Waals surface area contributed by atoms with E-state index in [1.54, 1.807) is 34.4 Å². The number of carbonyl (C=O) groups is 2. The van der Waals surface area contributed by atoms with Gasteiger partial charge in [-0.15, -0.1) is 11.3 Å². The molecule has 2 aromatic carbocycles. The first-order chi connectivity index (χ1) is 15.9. The van der Waals surface area contributed by atoms with Crippen LogP contribution in [0.25, 0.3) is 0 Å². The number of fused-ring (bicyclic) bond motifs is 1. The Labute approximate surface area is 208 Å². The molecule has 1 aliphatic rings. The zero-order valence-electron chi connectivity index (χ0n) is 18.7. The third kappa shape index (κ3) is 5.11. The van der Waals surface area contributed by atoms with E-state index in [1.807, 2.05) is 11.8 Å². The van der Waals surface area contributed by atoms with E-state index in [2.05, 4.69) is 42.6 Å². The van der Waals surface area contributed by atoms with E-state index in [1.165, 1.54) is 16.0 Å². The van der Waals surface area contributed by atoms with Gasteiger partial charge < -0.3 is 9.80 Å². The van der Waals surface area contributed by atoms with Crippen LogP contribution in [0, 0.1) is 6.92 Å². The first-order valence-electron chi connectivity index (χ1n) is 11.1. The fraction of sp³-hybridized carbons (Fsp3) is 0.308. The van der Waals surface area contributed by atoms with E-state index in [4.69, 9.17) is 23.2 Å². The largest absolute Gasteiger partial charge is 0.330 e. The van der Waals surface area contributed by atoms with E-state index in [0.29, 0.717) is 28.7 Å². The number of halogens is 2. The smallest absolute Gasteiger partial charge is 0.254 e. The molecule has 1 unspecified atom stereocenters. The molecule has 0 aliphatic carbocycles. The van der Waals surface area contributed by atoms with Crippen molar-refractivity contribution in [1.29, 1.82) is 0 Å². The molecule has 1 aromatic heterocycles. The van der Waals surface area contributed by atoms with Crippen molar-refractivity contribution >= 4 is 46.4 Å². The second kappa shape index (κ2) is 10.3. The Morgan fingerprint density at radius 1 is 1.09 bits per heavy atom. The number of benzene rings is 2. The fourth-order valence-electron chi connectivity index (χ4n) is 4.28. The van der Waals surface area contributed by atoms with Gasteiger partial charge in [-0.2, -0.15) is 0 Å². The molecule has 1 aliphatic heterocycles. The van der Waals surface area contributed by atoms with E-state index in [9.17, 15) is 9.59 Å². The Bertz CT molecular complexity index is 1160. The van der Waals surface area contributed by atoms with Gasteiger partial charge >= 0.3 is 0 Å². The lowest BCUT2D eigenvalue weighted by atomic mass is 9.92. The molecule has 0 bridgehead atoms. The highest BCUT2D eigenvalue weighted by atomic mass is 35.5. The molecular formula is C26H26Cl2N2O2S. The highest BCUT2D eigenvalue weighted by Gasteiger charge is 2.34. The zero-order valence-corrected chi connectivity index (χ0v) is 21.0. The summed E-state index contributed by atoms with van der Waals surface area (Å²) in [5, 5.41) is 2.81. The summed E-state index contributed by atoms with van der Waals surface area (Å²) in [5.41, 5.74) is 3.88. The molecule has 0 saturated carbocycles. The van der Waals surface area contributed by atoms with E-state index in [0.717, 1.165) is 18.4 Å². The molecule has 4 nitrogen and oxygen atoms in total. The van der Waals surface area contributed by atoms with Crippen LogP contribution in [0.1, 0.15) is 51.3 Å². The SMILES string of the molecule is CCCN(CC(=O)N1CCc2sccc2C1c1ccc(C)cc1)C(=O)c1ccc(Cl)c(Cl)c1. The van der Waals surface area contributed by atoms with Gasteiger partial charge in [0.05, 0.1) is 16.1 Å². The molecule has 3 aromatic rings.